The first kappa shape index (κ1) is 14.9. The van der Waals surface area contributed by atoms with Crippen LogP contribution in [0.25, 0.3) is 11.0 Å². The van der Waals surface area contributed by atoms with Gasteiger partial charge in [-0.25, -0.2) is 4.98 Å². The third-order valence-electron chi connectivity index (χ3n) is 3.93. The van der Waals surface area contributed by atoms with Crippen molar-refractivity contribution in [3.05, 3.63) is 30.1 Å². The van der Waals surface area contributed by atoms with E-state index in [-0.39, 0.29) is 18.1 Å². The molecule has 0 radical (unpaired) electrons. The number of amides is 1. The van der Waals surface area contributed by atoms with E-state index < -0.39 is 17.9 Å². The smallest absolute Gasteiger partial charge is 0.352 e. The van der Waals surface area contributed by atoms with E-state index in [1.165, 1.54) is 6.07 Å². The average Bonchev–Trinajstić information content (AvgIpc) is 3.06. The first-order valence-corrected chi connectivity index (χ1v) is 7.27. The Kier molecular flexibility index (Phi) is 3.80. The average molecular weight is 311 g/mol. The van der Waals surface area contributed by atoms with E-state index in [4.69, 9.17) is 0 Å². The van der Waals surface area contributed by atoms with Gasteiger partial charge in [-0.3, -0.25) is 4.79 Å². The molecule has 1 heterocycles. The van der Waals surface area contributed by atoms with Gasteiger partial charge in [0.25, 0.3) is 0 Å². The van der Waals surface area contributed by atoms with E-state index in [2.05, 4.69) is 10.3 Å². The van der Waals surface area contributed by atoms with Gasteiger partial charge in [-0.1, -0.05) is 25.0 Å². The van der Waals surface area contributed by atoms with Crippen molar-refractivity contribution >= 4 is 16.9 Å². The third kappa shape index (κ3) is 2.93. The molecule has 4 nitrogen and oxygen atoms in total. The van der Waals surface area contributed by atoms with Crippen molar-refractivity contribution in [3.63, 3.8) is 0 Å². The molecule has 0 atom stereocenters. The number of para-hydroxylation sites is 2. The van der Waals surface area contributed by atoms with Gasteiger partial charge >= 0.3 is 6.18 Å². The van der Waals surface area contributed by atoms with Crippen LogP contribution in [0.15, 0.2) is 24.3 Å². The minimum atomic E-state index is -4.59. The number of carbonyl (C=O) groups is 1. The lowest BCUT2D eigenvalue weighted by molar-refractivity contribution is -0.147. The van der Waals surface area contributed by atoms with Crippen LogP contribution in [0, 0.1) is 0 Å². The van der Waals surface area contributed by atoms with E-state index in [1.54, 1.807) is 18.2 Å². The lowest BCUT2D eigenvalue weighted by Crippen LogP contribution is -2.36. The number of nitrogens with one attached hydrogen (secondary N) is 1. The molecular weight excluding hydrogens is 295 g/mol. The maximum atomic E-state index is 13.1. The number of rotatable bonds is 3. The summed E-state index contributed by atoms with van der Waals surface area (Å²) in [6, 6.07) is 6.39. The minimum Gasteiger partial charge on any atom is -0.352 e. The van der Waals surface area contributed by atoms with Crippen LogP contribution in [0.3, 0.4) is 0 Å². The van der Waals surface area contributed by atoms with Crippen LogP contribution < -0.4 is 5.32 Å². The minimum absolute atomic E-state index is 0.0802. The summed E-state index contributed by atoms with van der Waals surface area (Å²) in [5.74, 6) is -1.43. The maximum Gasteiger partial charge on any atom is 0.449 e. The molecule has 1 saturated carbocycles. The Bertz CT molecular complexity index is 687. The monoisotopic (exact) mass is 311 g/mol. The van der Waals surface area contributed by atoms with Gasteiger partial charge in [0.15, 0.2) is 0 Å². The number of hydrogen-bond acceptors (Lipinski definition) is 2. The van der Waals surface area contributed by atoms with Crippen LogP contribution in [0.5, 0.6) is 0 Å². The second-order valence-electron chi connectivity index (χ2n) is 5.56. The summed E-state index contributed by atoms with van der Waals surface area (Å²) >= 11 is 0. The number of alkyl halides is 3. The molecule has 0 unspecified atom stereocenters. The van der Waals surface area contributed by atoms with Crippen LogP contribution in [0.1, 0.15) is 31.5 Å². The molecule has 1 aliphatic rings. The molecule has 1 N–H and O–H groups in total. The van der Waals surface area contributed by atoms with Gasteiger partial charge in [0.2, 0.25) is 11.7 Å². The zero-order valence-corrected chi connectivity index (χ0v) is 11.9. The van der Waals surface area contributed by atoms with Crippen LogP contribution in [-0.2, 0) is 17.5 Å². The largest absolute Gasteiger partial charge is 0.449 e. The molecule has 1 amide bonds. The number of hydrogen-bond donors (Lipinski definition) is 1. The zero-order chi connectivity index (χ0) is 15.7. The molecule has 118 valence electrons. The van der Waals surface area contributed by atoms with Crippen molar-refractivity contribution in [2.24, 2.45) is 0 Å². The number of nitrogens with zero attached hydrogens (tertiary/aromatic N) is 2. The molecule has 22 heavy (non-hydrogen) atoms. The Balaban J connectivity index is 1.89. The third-order valence-corrected chi connectivity index (χ3v) is 3.93. The highest BCUT2D eigenvalue weighted by Gasteiger charge is 2.38. The summed E-state index contributed by atoms with van der Waals surface area (Å²) in [5, 5.41) is 2.81. The van der Waals surface area contributed by atoms with Crippen molar-refractivity contribution in [2.75, 3.05) is 0 Å². The van der Waals surface area contributed by atoms with Crippen LogP contribution >= 0.6 is 0 Å². The van der Waals surface area contributed by atoms with Gasteiger partial charge in [0.1, 0.15) is 6.54 Å². The fourth-order valence-corrected chi connectivity index (χ4v) is 2.94. The van der Waals surface area contributed by atoms with Crippen molar-refractivity contribution in [3.8, 4) is 0 Å². The molecule has 1 aromatic carbocycles. The fourth-order valence-electron chi connectivity index (χ4n) is 2.94. The molecule has 0 aliphatic heterocycles. The van der Waals surface area contributed by atoms with Gasteiger partial charge in [-0.05, 0) is 25.0 Å². The van der Waals surface area contributed by atoms with E-state index >= 15 is 0 Å². The summed E-state index contributed by atoms with van der Waals surface area (Å²) in [4.78, 5) is 15.7. The highest BCUT2D eigenvalue weighted by atomic mass is 19.4. The van der Waals surface area contributed by atoms with Gasteiger partial charge < -0.3 is 9.88 Å². The van der Waals surface area contributed by atoms with Crippen molar-refractivity contribution in [1.82, 2.24) is 14.9 Å². The Morgan fingerprint density at radius 1 is 1.27 bits per heavy atom. The normalized spacial score (nSPS) is 16.3. The molecule has 2 aromatic rings. The van der Waals surface area contributed by atoms with Crippen molar-refractivity contribution in [1.29, 1.82) is 0 Å². The van der Waals surface area contributed by atoms with Crippen LogP contribution in [0.2, 0.25) is 0 Å². The Morgan fingerprint density at radius 3 is 2.64 bits per heavy atom. The van der Waals surface area contributed by atoms with E-state index in [9.17, 15) is 18.0 Å². The predicted molar refractivity (Wildman–Crippen MR) is 75.1 cm³/mol. The van der Waals surface area contributed by atoms with Gasteiger partial charge in [-0.2, -0.15) is 13.2 Å². The molecule has 0 saturated heterocycles. The zero-order valence-electron chi connectivity index (χ0n) is 11.9. The molecule has 0 spiro atoms. The predicted octanol–water partition coefficient (Wildman–Crippen LogP) is 3.11. The lowest BCUT2D eigenvalue weighted by atomic mass is 10.2. The number of halogens is 3. The van der Waals surface area contributed by atoms with Gasteiger partial charge in [0.05, 0.1) is 11.0 Å². The number of imidazole rings is 1. The number of fused-ring (bicyclic) bond motifs is 1. The van der Waals surface area contributed by atoms with Gasteiger partial charge in [0, 0.05) is 6.04 Å². The first-order valence-electron chi connectivity index (χ1n) is 7.27. The number of aromatic nitrogens is 2. The summed E-state index contributed by atoms with van der Waals surface area (Å²) in [5.41, 5.74) is 0.555. The Labute approximate surface area is 125 Å². The number of benzene rings is 1. The lowest BCUT2D eigenvalue weighted by Gasteiger charge is -2.14. The summed E-state index contributed by atoms with van der Waals surface area (Å²) < 4.78 is 40.3. The Morgan fingerprint density at radius 2 is 1.95 bits per heavy atom. The van der Waals surface area contributed by atoms with Crippen molar-refractivity contribution < 1.29 is 18.0 Å². The molecule has 1 fully saturated rings. The standard InChI is InChI=1S/C15H16F3N3O/c16-15(17,18)14-20-11-7-3-4-8-12(11)21(14)9-13(22)19-10-5-1-2-6-10/h3-4,7-8,10H,1-2,5-6,9H2,(H,19,22). The molecule has 1 aromatic heterocycles. The first-order chi connectivity index (χ1) is 10.4. The fraction of sp³-hybridized carbons (Fsp3) is 0.467. The Hall–Kier alpha value is -2.05. The van der Waals surface area contributed by atoms with E-state index in [0.717, 1.165) is 30.3 Å². The topological polar surface area (TPSA) is 46.9 Å². The molecule has 1 aliphatic carbocycles. The molecule has 0 bridgehead atoms. The van der Waals surface area contributed by atoms with E-state index in [0.29, 0.717) is 5.52 Å². The maximum absolute atomic E-state index is 13.1. The van der Waals surface area contributed by atoms with E-state index in [1.807, 2.05) is 0 Å². The second kappa shape index (κ2) is 5.62. The van der Waals surface area contributed by atoms with Gasteiger partial charge in [-0.15, -0.1) is 0 Å². The van der Waals surface area contributed by atoms with Crippen LogP contribution in [0.4, 0.5) is 13.2 Å². The summed E-state index contributed by atoms with van der Waals surface area (Å²) in [6.45, 7) is -0.369. The molecule has 7 heteroatoms. The SMILES string of the molecule is O=C(Cn1c(C(F)(F)F)nc2ccccc21)NC1CCCC1. The highest BCUT2D eigenvalue weighted by molar-refractivity contribution is 5.81. The molecular formula is C15H16F3N3O. The number of carbonyl (C=O) groups excluding carboxylic acids is 1. The van der Waals surface area contributed by atoms with Crippen molar-refractivity contribution in [2.45, 2.75) is 44.4 Å². The second-order valence-corrected chi connectivity index (χ2v) is 5.56. The summed E-state index contributed by atoms with van der Waals surface area (Å²) in [7, 11) is 0. The highest BCUT2D eigenvalue weighted by Crippen LogP contribution is 2.31. The van der Waals surface area contributed by atoms with Crippen LogP contribution in [-0.4, -0.2) is 21.5 Å². The molecule has 3 rings (SSSR count). The quantitative estimate of drug-likeness (QED) is 0.947. The summed E-state index contributed by atoms with van der Waals surface area (Å²) in [6.07, 6.45) is -0.711.